The van der Waals surface area contributed by atoms with Crippen molar-refractivity contribution in [1.29, 1.82) is 5.26 Å². The highest BCUT2D eigenvalue weighted by atomic mass is 35.5. The molecule has 23 heavy (non-hydrogen) atoms. The van der Waals surface area contributed by atoms with Crippen LogP contribution in [0.4, 0.5) is 5.69 Å². The summed E-state index contributed by atoms with van der Waals surface area (Å²) < 4.78 is 0. The van der Waals surface area contributed by atoms with E-state index in [1.807, 2.05) is 18.3 Å². The molecule has 3 rings (SSSR count). The second-order valence-electron chi connectivity index (χ2n) is 6.72. The molecular weight excluding hydrogens is 310 g/mol. The standard InChI is InChI=1S/C18H22ClN3O/c19-15-6-13(12-4-2-1-3-5-12)7-17(10-15)22-18(23)14-8-16(9-14)21-11-20/h6-7,10,12,14,16,21H,1-5,8-9H2,(H,22,23). The number of hydrogen-bond donors (Lipinski definition) is 2. The second kappa shape index (κ2) is 7.23. The Morgan fingerprint density at radius 3 is 2.61 bits per heavy atom. The molecule has 0 atom stereocenters. The third-order valence-corrected chi connectivity index (χ3v) is 5.26. The van der Waals surface area contributed by atoms with Crippen LogP contribution in [-0.2, 0) is 4.79 Å². The summed E-state index contributed by atoms with van der Waals surface area (Å²) in [5.41, 5.74) is 2.03. The Kier molecular flexibility index (Phi) is 5.07. The number of hydrogen-bond acceptors (Lipinski definition) is 3. The van der Waals surface area contributed by atoms with Gasteiger partial charge in [0, 0.05) is 22.7 Å². The van der Waals surface area contributed by atoms with Crippen LogP contribution in [0.5, 0.6) is 0 Å². The smallest absolute Gasteiger partial charge is 0.227 e. The molecule has 122 valence electrons. The van der Waals surface area contributed by atoms with Crippen LogP contribution in [0.3, 0.4) is 0 Å². The predicted octanol–water partition coefficient (Wildman–Crippen LogP) is 4.18. The van der Waals surface area contributed by atoms with E-state index in [-0.39, 0.29) is 17.9 Å². The molecule has 1 amide bonds. The molecule has 0 aromatic heterocycles. The Morgan fingerprint density at radius 2 is 1.91 bits per heavy atom. The topological polar surface area (TPSA) is 64.9 Å². The van der Waals surface area contributed by atoms with E-state index in [4.69, 9.17) is 16.9 Å². The van der Waals surface area contributed by atoms with Crippen LogP contribution in [0.15, 0.2) is 18.2 Å². The summed E-state index contributed by atoms with van der Waals surface area (Å²) in [5.74, 6) is 0.571. The van der Waals surface area contributed by atoms with Gasteiger partial charge in [0.05, 0.1) is 0 Å². The quantitative estimate of drug-likeness (QED) is 0.642. The first-order valence-corrected chi connectivity index (χ1v) is 8.79. The normalized spacial score (nSPS) is 24.3. The zero-order valence-electron chi connectivity index (χ0n) is 13.1. The molecule has 5 heteroatoms. The monoisotopic (exact) mass is 331 g/mol. The Hall–Kier alpha value is -1.73. The lowest BCUT2D eigenvalue weighted by Gasteiger charge is -2.33. The van der Waals surface area contributed by atoms with E-state index in [2.05, 4.69) is 16.7 Å². The van der Waals surface area contributed by atoms with Crippen molar-refractivity contribution in [3.05, 3.63) is 28.8 Å². The average Bonchev–Trinajstić information content (AvgIpc) is 2.50. The average molecular weight is 332 g/mol. The maximum atomic E-state index is 12.3. The number of carbonyl (C=O) groups excluding carboxylic acids is 1. The van der Waals surface area contributed by atoms with Gasteiger partial charge >= 0.3 is 0 Å². The first-order chi connectivity index (χ1) is 11.2. The molecule has 2 fully saturated rings. The van der Waals surface area contributed by atoms with Crippen LogP contribution in [0, 0.1) is 17.4 Å². The van der Waals surface area contributed by atoms with E-state index < -0.39 is 0 Å². The van der Waals surface area contributed by atoms with Gasteiger partial charge in [-0.3, -0.25) is 4.79 Å². The fourth-order valence-corrected chi connectivity index (χ4v) is 3.89. The Bertz CT molecular complexity index is 613. The Labute approximate surface area is 142 Å². The van der Waals surface area contributed by atoms with E-state index in [0.717, 1.165) is 18.5 Å². The van der Waals surface area contributed by atoms with Crippen LogP contribution in [0.25, 0.3) is 0 Å². The number of benzene rings is 1. The molecule has 0 saturated heterocycles. The molecule has 0 heterocycles. The maximum absolute atomic E-state index is 12.3. The molecule has 4 nitrogen and oxygen atoms in total. The third kappa shape index (κ3) is 3.97. The van der Waals surface area contributed by atoms with Crippen LogP contribution in [0.2, 0.25) is 5.02 Å². The number of amides is 1. The van der Waals surface area contributed by atoms with Gasteiger partial charge in [-0.1, -0.05) is 30.9 Å². The summed E-state index contributed by atoms with van der Waals surface area (Å²) in [5, 5.41) is 14.9. The summed E-state index contributed by atoms with van der Waals surface area (Å²) in [4.78, 5) is 12.3. The van der Waals surface area contributed by atoms with Crippen molar-refractivity contribution in [2.75, 3.05) is 5.32 Å². The van der Waals surface area contributed by atoms with E-state index >= 15 is 0 Å². The minimum atomic E-state index is -0.0158. The largest absolute Gasteiger partial charge is 0.326 e. The number of nitriles is 1. The molecule has 0 unspecified atom stereocenters. The van der Waals surface area contributed by atoms with Gasteiger partial charge in [0.15, 0.2) is 6.19 Å². The van der Waals surface area contributed by atoms with Crippen molar-refractivity contribution < 1.29 is 4.79 Å². The molecule has 0 spiro atoms. The van der Waals surface area contributed by atoms with Gasteiger partial charge < -0.3 is 10.6 Å². The zero-order valence-corrected chi connectivity index (χ0v) is 13.9. The molecule has 2 N–H and O–H groups in total. The van der Waals surface area contributed by atoms with Crippen LogP contribution in [0.1, 0.15) is 56.4 Å². The highest BCUT2D eigenvalue weighted by Crippen LogP contribution is 2.35. The molecule has 0 radical (unpaired) electrons. The molecule has 2 aliphatic rings. The Balaban J connectivity index is 1.62. The maximum Gasteiger partial charge on any atom is 0.227 e. The molecule has 0 bridgehead atoms. The highest BCUT2D eigenvalue weighted by molar-refractivity contribution is 6.31. The van der Waals surface area contributed by atoms with Crippen molar-refractivity contribution in [3.63, 3.8) is 0 Å². The minimum Gasteiger partial charge on any atom is -0.326 e. The second-order valence-corrected chi connectivity index (χ2v) is 7.16. The summed E-state index contributed by atoms with van der Waals surface area (Å²) in [6.45, 7) is 0. The number of carbonyl (C=O) groups is 1. The first kappa shape index (κ1) is 16.1. The number of nitrogens with zero attached hydrogens (tertiary/aromatic N) is 1. The number of anilines is 1. The fourth-order valence-electron chi connectivity index (χ4n) is 3.64. The minimum absolute atomic E-state index is 0.0158. The Morgan fingerprint density at radius 1 is 1.17 bits per heavy atom. The number of nitrogens with one attached hydrogen (secondary N) is 2. The van der Waals surface area contributed by atoms with E-state index in [9.17, 15) is 4.79 Å². The van der Waals surface area contributed by atoms with Crippen LogP contribution < -0.4 is 10.6 Å². The van der Waals surface area contributed by atoms with Gasteiger partial charge in [0.25, 0.3) is 0 Å². The molecular formula is C18H22ClN3O. The first-order valence-electron chi connectivity index (χ1n) is 8.41. The summed E-state index contributed by atoms with van der Waals surface area (Å²) in [6, 6.07) is 6.07. The van der Waals surface area contributed by atoms with Crippen molar-refractivity contribution in [1.82, 2.24) is 5.32 Å². The highest BCUT2D eigenvalue weighted by Gasteiger charge is 2.34. The molecule has 0 aliphatic heterocycles. The van der Waals surface area contributed by atoms with E-state index in [0.29, 0.717) is 10.9 Å². The van der Waals surface area contributed by atoms with Gasteiger partial charge in [-0.05, 0) is 55.4 Å². The van der Waals surface area contributed by atoms with Gasteiger partial charge in [0.1, 0.15) is 0 Å². The van der Waals surface area contributed by atoms with E-state index in [1.54, 1.807) is 0 Å². The van der Waals surface area contributed by atoms with Crippen LogP contribution >= 0.6 is 11.6 Å². The molecule has 1 aromatic carbocycles. The number of rotatable bonds is 4. The van der Waals surface area contributed by atoms with Crippen molar-refractivity contribution >= 4 is 23.2 Å². The summed E-state index contributed by atoms with van der Waals surface area (Å²) >= 11 is 6.25. The summed E-state index contributed by atoms with van der Waals surface area (Å²) in [6.07, 6.45) is 9.64. The lowest BCUT2D eigenvalue weighted by molar-refractivity contribution is -0.122. The van der Waals surface area contributed by atoms with Crippen LogP contribution in [-0.4, -0.2) is 11.9 Å². The van der Waals surface area contributed by atoms with Crippen molar-refractivity contribution in [2.24, 2.45) is 5.92 Å². The van der Waals surface area contributed by atoms with E-state index in [1.165, 1.54) is 37.7 Å². The van der Waals surface area contributed by atoms with Crippen molar-refractivity contribution in [2.45, 2.75) is 56.9 Å². The van der Waals surface area contributed by atoms with Gasteiger partial charge in [0.2, 0.25) is 5.91 Å². The number of halogens is 1. The lowest BCUT2D eigenvalue weighted by Crippen LogP contribution is -2.44. The van der Waals surface area contributed by atoms with Gasteiger partial charge in [-0.2, -0.15) is 5.26 Å². The molecule has 2 saturated carbocycles. The third-order valence-electron chi connectivity index (χ3n) is 5.04. The lowest BCUT2D eigenvalue weighted by atomic mass is 9.79. The van der Waals surface area contributed by atoms with Crippen molar-refractivity contribution in [3.8, 4) is 6.19 Å². The SMILES string of the molecule is N#CNC1CC(C(=O)Nc2cc(Cl)cc(C3CCCCC3)c2)C1. The predicted molar refractivity (Wildman–Crippen MR) is 91.2 cm³/mol. The van der Waals surface area contributed by atoms with Gasteiger partial charge in [-0.25, -0.2) is 0 Å². The van der Waals surface area contributed by atoms with Gasteiger partial charge in [-0.15, -0.1) is 0 Å². The molecule has 1 aromatic rings. The molecule has 2 aliphatic carbocycles. The summed E-state index contributed by atoms with van der Waals surface area (Å²) in [7, 11) is 0. The zero-order chi connectivity index (χ0) is 16.2. The fraction of sp³-hybridized carbons (Fsp3) is 0.556.